The highest BCUT2D eigenvalue weighted by atomic mass is 32.2. The number of carbonyl (C=O) groups excluding carboxylic acids is 2. The topological polar surface area (TPSA) is 125 Å². The summed E-state index contributed by atoms with van der Waals surface area (Å²) in [4.78, 5) is 36.0. The van der Waals surface area contributed by atoms with Gasteiger partial charge in [0.1, 0.15) is 17.1 Å². The Kier molecular flexibility index (Phi) is 10.0. The van der Waals surface area contributed by atoms with Crippen LogP contribution in [0.4, 0.5) is 5.82 Å². The maximum atomic E-state index is 14.1. The molecule has 3 aromatic rings. The van der Waals surface area contributed by atoms with Gasteiger partial charge in [0, 0.05) is 37.6 Å². The number of amidine groups is 1. The number of nitrogens with one attached hydrogen (secondary N) is 1. The molecule has 11 heteroatoms. The number of hydrogen-bond acceptors (Lipinski definition) is 7. The third-order valence-electron chi connectivity index (χ3n) is 10.1. The van der Waals surface area contributed by atoms with Crippen molar-refractivity contribution in [2.45, 2.75) is 128 Å². The zero-order valence-corrected chi connectivity index (χ0v) is 31.2. The quantitative estimate of drug-likeness (QED) is 0.193. The zero-order chi connectivity index (χ0) is 35.8. The molecule has 1 spiro atoms. The van der Waals surface area contributed by atoms with Gasteiger partial charge in [-0.25, -0.2) is 8.42 Å². The minimum Gasteiger partial charge on any atom is -0.359 e. The summed E-state index contributed by atoms with van der Waals surface area (Å²) in [5.74, 6) is 2.04. The summed E-state index contributed by atoms with van der Waals surface area (Å²) in [5, 5.41) is 4.06. The van der Waals surface area contributed by atoms with Crippen molar-refractivity contribution < 1.29 is 22.5 Å². The molecule has 3 aliphatic rings. The molecule has 10 nitrogen and oxygen atoms in total. The van der Waals surface area contributed by atoms with Crippen LogP contribution in [0.1, 0.15) is 120 Å². The summed E-state index contributed by atoms with van der Waals surface area (Å²) in [6, 6.07) is 12.8. The average molecular weight is 702 g/mol. The van der Waals surface area contributed by atoms with E-state index >= 15 is 0 Å². The van der Waals surface area contributed by atoms with E-state index < -0.39 is 15.6 Å². The van der Waals surface area contributed by atoms with Crippen LogP contribution in [0.5, 0.6) is 0 Å². The molecule has 2 aliphatic carbocycles. The molecule has 1 aromatic heterocycles. The normalized spacial score (nSPS) is 17.4. The Hall–Kier alpha value is -3.99. The number of unbranched alkanes of at least 4 members (excludes halogenated alkanes) is 1. The van der Waals surface area contributed by atoms with Gasteiger partial charge < -0.3 is 9.42 Å². The Bertz CT molecular complexity index is 1900. The molecule has 0 unspecified atom stereocenters. The summed E-state index contributed by atoms with van der Waals surface area (Å²) in [5.41, 5.74) is 2.89. The molecule has 2 saturated carbocycles. The minimum atomic E-state index is -4.08. The predicted octanol–water partition coefficient (Wildman–Crippen LogP) is 7.97. The van der Waals surface area contributed by atoms with Crippen molar-refractivity contribution in [1.82, 2.24) is 15.0 Å². The van der Waals surface area contributed by atoms with E-state index in [2.05, 4.69) is 16.8 Å². The summed E-state index contributed by atoms with van der Waals surface area (Å²) < 4.78 is 36.2. The average Bonchev–Trinajstić information content (AvgIpc) is 3.58. The molecule has 2 aromatic carbocycles. The van der Waals surface area contributed by atoms with Crippen LogP contribution < -0.4 is 4.72 Å². The molecular weight excluding hydrogens is 651 g/mol. The zero-order valence-electron chi connectivity index (χ0n) is 30.3. The van der Waals surface area contributed by atoms with Gasteiger partial charge in [0.15, 0.2) is 5.82 Å². The van der Waals surface area contributed by atoms with Gasteiger partial charge in [-0.1, -0.05) is 88.5 Å². The molecule has 268 valence electrons. The molecule has 2 fully saturated rings. The lowest BCUT2D eigenvalue weighted by Gasteiger charge is -2.26. The Morgan fingerprint density at radius 3 is 2.50 bits per heavy atom. The molecule has 6 rings (SSSR count). The number of nitrogens with zero attached hydrogens (tertiary/aromatic N) is 4. The van der Waals surface area contributed by atoms with Crippen molar-refractivity contribution in [2.75, 3.05) is 11.8 Å². The van der Waals surface area contributed by atoms with E-state index in [9.17, 15) is 18.0 Å². The summed E-state index contributed by atoms with van der Waals surface area (Å²) in [7, 11) is -2.30. The van der Waals surface area contributed by atoms with Crippen LogP contribution in [0.2, 0.25) is 0 Å². The first-order valence-corrected chi connectivity index (χ1v) is 19.5. The molecule has 2 amide bonds. The van der Waals surface area contributed by atoms with Gasteiger partial charge in [-0.3, -0.25) is 24.2 Å². The number of sulfonamides is 1. The van der Waals surface area contributed by atoms with E-state index in [-0.39, 0.29) is 40.4 Å². The SMILES string of the molecule is CCCCC1=NC2(CCCC2)C(=O)N1Cc1ccc(-c2ccccc2S(=O)(=O)Nc2noc(C)c2C2CC2)c(CN(C)C(=O)CC(C)(C)C)c1. The first-order chi connectivity index (χ1) is 23.7. The van der Waals surface area contributed by atoms with E-state index in [1.165, 1.54) is 0 Å². The number of aromatic nitrogens is 1. The van der Waals surface area contributed by atoms with Gasteiger partial charge in [-0.15, -0.1) is 0 Å². The molecule has 1 aliphatic heterocycles. The van der Waals surface area contributed by atoms with Crippen LogP contribution in [0, 0.1) is 12.3 Å². The number of hydrogen-bond donors (Lipinski definition) is 1. The fourth-order valence-corrected chi connectivity index (χ4v) is 8.60. The van der Waals surface area contributed by atoms with Crippen LogP contribution in [-0.2, 0) is 32.7 Å². The van der Waals surface area contributed by atoms with Crippen LogP contribution >= 0.6 is 0 Å². The maximum Gasteiger partial charge on any atom is 0.263 e. The second kappa shape index (κ2) is 14.0. The highest BCUT2D eigenvalue weighted by Crippen LogP contribution is 2.46. The largest absolute Gasteiger partial charge is 0.359 e. The number of aliphatic imine (C=N–C) groups is 1. The molecule has 1 N–H and O–H groups in total. The van der Waals surface area contributed by atoms with Gasteiger partial charge in [-0.05, 0) is 73.1 Å². The number of carbonyl (C=O) groups is 2. The van der Waals surface area contributed by atoms with Gasteiger partial charge in [0.05, 0.1) is 11.4 Å². The van der Waals surface area contributed by atoms with Crippen molar-refractivity contribution in [2.24, 2.45) is 10.4 Å². The number of rotatable bonds is 13. The smallest absolute Gasteiger partial charge is 0.263 e. The van der Waals surface area contributed by atoms with Crippen LogP contribution in [0.15, 0.2) is 56.9 Å². The monoisotopic (exact) mass is 701 g/mol. The van der Waals surface area contributed by atoms with Gasteiger partial charge in [-0.2, -0.15) is 0 Å². The third-order valence-corrected chi connectivity index (χ3v) is 11.5. The van der Waals surface area contributed by atoms with Crippen molar-refractivity contribution in [3.63, 3.8) is 0 Å². The first-order valence-electron chi connectivity index (χ1n) is 18.1. The first kappa shape index (κ1) is 35.8. The van der Waals surface area contributed by atoms with Crippen LogP contribution in [0.3, 0.4) is 0 Å². The molecule has 50 heavy (non-hydrogen) atoms. The Balaban J connectivity index is 1.37. The number of aryl methyl sites for hydroxylation is 1. The third kappa shape index (κ3) is 7.53. The molecule has 0 atom stereocenters. The van der Waals surface area contributed by atoms with Crippen molar-refractivity contribution >= 4 is 33.5 Å². The summed E-state index contributed by atoms with van der Waals surface area (Å²) in [6.45, 7) is 10.7. The Morgan fingerprint density at radius 2 is 1.82 bits per heavy atom. The van der Waals surface area contributed by atoms with Gasteiger partial charge in [0.2, 0.25) is 5.91 Å². The Morgan fingerprint density at radius 1 is 1.10 bits per heavy atom. The van der Waals surface area contributed by atoms with Crippen molar-refractivity contribution in [3.8, 4) is 11.1 Å². The molecule has 0 bridgehead atoms. The molecule has 0 saturated heterocycles. The van der Waals surface area contributed by atoms with E-state index in [0.29, 0.717) is 29.9 Å². The molecule has 2 heterocycles. The molecular formula is C39H51N5O5S. The van der Waals surface area contributed by atoms with Crippen molar-refractivity contribution in [1.29, 1.82) is 0 Å². The number of benzene rings is 2. The second-order valence-corrected chi connectivity index (χ2v) is 17.3. The summed E-state index contributed by atoms with van der Waals surface area (Å²) >= 11 is 0. The highest BCUT2D eigenvalue weighted by Gasteiger charge is 2.49. The predicted molar refractivity (Wildman–Crippen MR) is 195 cm³/mol. The van der Waals surface area contributed by atoms with E-state index in [1.54, 1.807) is 37.1 Å². The molecule has 0 radical (unpaired) electrons. The highest BCUT2D eigenvalue weighted by molar-refractivity contribution is 7.92. The van der Waals surface area contributed by atoms with Crippen molar-refractivity contribution in [3.05, 3.63) is 64.9 Å². The van der Waals surface area contributed by atoms with Gasteiger partial charge >= 0.3 is 0 Å². The lowest BCUT2D eigenvalue weighted by Crippen LogP contribution is -2.40. The lowest BCUT2D eigenvalue weighted by atomic mass is 9.91. The fraction of sp³-hybridized carbons (Fsp3) is 0.538. The van der Waals surface area contributed by atoms with Crippen LogP contribution in [0.25, 0.3) is 11.1 Å². The minimum absolute atomic E-state index is 0.00249. The fourth-order valence-electron chi connectivity index (χ4n) is 7.36. The number of amides is 2. The lowest BCUT2D eigenvalue weighted by molar-refractivity contribution is -0.132. The van der Waals surface area contributed by atoms with E-state index in [4.69, 9.17) is 9.52 Å². The van der Waals surface area contributed by atoms with E-state index in [1.807, 2.05) is 49.9 Å². The second-order valence-electron chi connectivity index (χ2n) is 15.6. The van der Waals surface area contributed by atoms with Gasteiger partial charge in [0.25, 0.3) is 15.9 Å². The summed E-state index contributed by atoms with van der Waals surface area (Å²) in [6.07, 6.45) is 8.63. The number of anilines is 1. The Labute approximate surface area is 296 Å². The van der Waals surface area contributed by atoms with E-state index in [0.717, 1.165) is 80.3 Å². The maximum absolute atomic E-state index is 14.1. The van der Waals surface area contributed by atoms with Crippen LogP contribution in [-0.4, -0.2) is 53.6 Å². The standard InChI is InChI=1S/C39H51N5O5S/c1-7-8-15-33-40-39(20-11-12-21-39)37(46)44(33)24-27-16-19-30(29(22-27)25-43(6)34(45)23-38(3,4)5)31-13-9-10-14-32(31)50(47,48)42-36-35(28-17-18-28)26(2)49-41-36/h9-10,13-14,16,19,22,28H,7-8,11-12,15,17-18,20-21,23-25H2,1-6H3,(H,41,42).